The van der Waals surface area contributed by atoms with Crippen molar-refractivity contribution in [3.63, 3.8) is 0 Å². The van der Waals surface area contributed by atoms with E-state index in [2.05, 4.69) is 33.4 Å². The van der Waals surface area contributed by atoms with Crippen LogP contribution >= 0.6 is 23.2 Å². The number of anilines is 5. The largest absolute Gasteiger partial charge is 1.00 e. The van der Waals surface area contributed by atoms with Crippen LogP contribution in [0.4, 0.5) is 28.4 Å². The summed E-state index contributed by atoms with van der Waals surface area (Å²) in [4.78, 5) is 31.0. The maximum Gasteiger partial charge on any atom is 0.293 e. The summed E-state index contributed by atoms with van der Waals surface area (Å²) in [6, 6.07) is 15.4. The fourth-order valence-corrected chi connectivity index (χ4v) is 6.00. The quantitative estimate of drug-likeness (QED) is 0.209. The third-order valence-electron chi connectivity index (χ3n) is 6.98. The topological polar surface area (TPSA) is 81.6 Å². The number of hydrogen-bond donors (Lipinski definition) is 3. The first-order chi connectivity index (χ1) is 19.2. The molecule has 2 amide bonds. The van der Waals surface area contributed by atoms with Gasteiger partial charge in [-0.15, -0.1) is 23.2 Å². The number of carbonyl (C=O) groups is 2. The summed E-state index contributed by atoms with van der Waals surface area (Å²) in [7, 11) is 2.06. The number of carbonyl (C=O) groups excluding carboxylic acids is 2. The lowest BCUT2D eigenvalue weighted by atomic mass is 10.1. The van der Waals surface area contributed by atoms with Gasteiger partial charge in [0.2, 0.25) is 5.91 Å². The zero-order valence-corrected chi connectivity index (χ0v) is 26.8. The van der Waals surface area contributed by atoms with Gasteiger partial charge in [-0.2, -0.15) is 0 Å². The molecule has 2 heterocycles. The molecule has 222 valence electrons. The van der Waals surface area contributed by atoms with Gasteiger partial charge in [-0.1, -0.05) is 24.3 Å². The number of para-hydroxylation sites is 3. The highest BCUT2D eigenvalue weighted by Crippen LogP contribution is 2.43. The van der Waals surface area contributed by atoms with Gasteiger partial charge in [0.05, 0.1) is 47.4 Å². The van der Waals surface area contributed by atoms with E-state index >= 15 is 0 Å². The van der Waals surface area contributed by atoms with E-state index in [4.69, 9.17) is 23.2 Å². The van der Waals surface area contributed by atoms with Crippen LogP contribution in [-0.4, -0.2) is 66.5 Å². The van der Waals surface area contributed by atoms with Crippen molar-refractivity contribution >= 4 is 74.3 Å². The van der Waals surface area contributed by atoms with E-state index in [1.165, 1.54) is 0 Å². The van der Waals surface area contributed by atoms with Gasteiger partial charge < -0.3 is 42.7 Å². The van der Waals surface area contributed by atoms with Crippen LogP contribution in [0.1, 0.15) is 12.0 Å². The van der Waals surface area contributed by atoms with Crippen LogP contribution in [0.3, 0.4) is 0 Å². The average Bonchev–Trinajstić information content (AvgIpc) is 3.50. The Morgan fingerprint density at radius 3 is 2.39 bits per heavy atom. The minimum Gasteiger partial charge on any atom is -1.00 e. The maximum atomic E-state index is 14.4. The van der Waals surface area contributed by atoms with E-state index in [1.54, 1.807) is 17.0 Å². The van der Waals surface area contributed by atoms with Crippen molar-refractivity contribution in [2.75, 3.05) is 75.9 Å². The molecule has 0 bridgehead atoms. The maximum absolute atomic E-state index is 14.4. The van der Waals surface area contributed by atoms with Gasteiger partial charge >= 0.3 is 0 Å². The van der Waals surface area contributed by atoms with Gasteiger partial charge in [-0.05, 0) is 47.6 Å². The fourth-order valence-electron chi connectivity index (χ4n) is 5.00. The molecule has 4 rings (SSSR count). The lowest BCUT2D eigenvalue weighted by Crippen LogP contribution is -3.00. The molecule has 0 saturated heterocycles. The molecule has 1 aliphatic heterocycles. The Bertz CT molecular complexity index is 1350. The van der Waals surface area contributed by atoms with Gasteiger partial charge in [0.1, 0.15) is 5.75 Å². The van der Waals surface area contributed by atoms with Crippen LogP contribution < -0.4 is 38.2 Å². The number of amides is 2. The molecule has 12 heteroatoms. The lowest BCUT2D eigenvalue weighted by Gasteiger charge is -2.38. The number of nitrogens with zero attached hydrogens (tertiary/aromatic N) is 3. The molecule has 41 heavy (non-hydrogen) atoms. The highest BCUT2D eigenvalue weighted by Gasteiger charge is 2.50. The van der Waals surface area contributed by atoms with Crippen LogP contribution in [0.5, 0.6) is 0 Å². The van der Waals surface area contributed by atoms with E-state index < -0.39 is 5.79 Å². The Balaban J connectivity index is 0.00000462. The number of benzene rings is 2. The third-order valence-corrected chi connectivity index (χ3v) is 8.33. The van der Waals surface area contributed by atoms with Crippen LogP contribution in [0.2, 0.25) is 0 Å². The third kappa shape index (κ3) is 7.02. The van der Waals surface area contributed by atoms with Gasteiger partial charge in [-0.3, -0.25) is 9.59 Å². The highest BCUT2D eigenvalue weighted by molar-refractivity contribution is 7.95. The summed E-state index contributed by atoms with van der Waals surface area (Å²) in [6.45, 7) is 3.19. The van der Waals surface area contributed by atoms with Crippen molar-refractivity contribution in [3.05, 3.63) is 66.5 Å². The first-order valence-corrected chi connectivity index (χ1v) is 16.4. The van der Waals surface area contributed by atoms with E-state index in [1.807, 2.05) is 67.4 Å². The van der Waals surface area contributed by atoms with E-state index in [-0.39, 0.29) is 35.1 Å². The Labute approximate surface area is 261 Å². The van der Waals surface area contributed by atoms with Crippen LogP contribution in [0, 0.1) is 6.92 Å². The molecule has 1 aromatic heterocycles. The zero-order chi connectivity index (χ0) is 28.9. The summed E-state index contributed by atoms with van der Waals surface area (Å²) in [6.07, 6.45) is 8.28. The molecule has 1 atom stereocenters. The summed E-state index contributed by atoms with van der Waals surface area (Å²) < 4.78 is 1.80. The number of fused-ring (bicyclic) bond motifs is 1. The Morgan fingerprint density at radius 1 is 1.02 bits per heavy atom. The molecule has 0 radical (unpaired) electrons. The second kappa shape index (κ2) is 14.4. The predicted molar refractivity (Wildman–Crippen MR) is 172 cm³/mol. The van der Waals surface area contributed by atoms with E-state index in [9.17, 15) is 9.59 Å². The van der Waals surface area contributed by atoms with E-state index in [0.29, 0.717) is 42.6 Å². The van der Waals surface area contributed by atoms with Gasteiger partial charge in [-0.25, -0.2) is 0 Å². The van der Waals surface area contributed by atoms with Crippen LogP contribution in [0.15, 0.2) is 60.9 Å². The van der Waals surface area contributed by atoms with Gasteiger partial charge in [0, 0.05) is 44.3 Å². The number of halogens is 3. The molecule has 0 fully saturated rings. The minimum absolute atomic E-state index is 0. The lowest BCUT2D eigenvalue weighted by molar-refractivity contribution is -0.123. The molecule has 1 aliphatic rings. The summed E-state index contributed by atoms with van der Waals surface area (Å²) in [5.74, 6) is 0.0224. The first kappa shape index (κ1) is 32.8. The zero-order valence-electron chi connectivity index (χ0n) is 23.7. The molecule has 2 aromatic carbocycles. The number of aryl methyl sites for hydroxylation is 1. The number of rotatable bonds is 12. The molecule has 1 unspecified atom stereocenters. The Kier molecular flexibility index (Phi) is 11.6. The molecular formula is C29H37Cl3N6O2S. The van der Waals surface area contributed by atoms with Gasteiger partial charge in [0.25, 0.3) is 11.7 Å². The minimum atomic E-state index is -1.34. The fraction of sp³-hybridized carbons (Fsp3) is 0.379. The van der Waals surface area contributed by atoms with Crippen LogP contribution in [0.25, 0.3) is 0 Å². The van der Waals surface area contributed by atoms with Crippen molar-refractivity contribution in [1.29, 1.82) is 0 Å². The Morgan fingerprint density at radius 2 is 1.73 bits per heavy atom. The molecule has 3 aromatic rings. The molecule has 8 nitrogen and oxygen atoms in total. The highest BCUT2D eigenvalue weighted by atomic mass is 35.5. The Hall–Kier alpha value is -2.72. The SMILES string of the molecule is Cc1cccc(NC(=O)C2(n3ccc(NC(=O)CC[S+](C)C)c3)Nc3ccccc3N2C)c1N(CCCl)CCCl.[Cl-]. The predicted octanol–water partition coefficient (Wildman–Crippen LogP) is 2.10. The average molecular weight is 640 g/mol. The number of likely N-dealkylation sites (N-methyl/N-ethyl adjacent to an activating group) is 1. The second-order valence-corrected chi connectivity index (χ2v) is 13.1. The van der Waals surface area contributed by atoms with Crippen molar-refractivity contribution < 1.29 is 22.0 Å². The first-order valence-electron chi connectivity index (χ1n) is 13.1. The summed E-state index contributed by atoms with van der Waals surface area (Å²) >= 11 is 12.2. The van der Waals surface area contributed by atoms with Crippen molar-refractivity contribution in [3.8, 4) is 0 Å². The molecule has 0 spiro atoms. The molecule has 3 N–H and O–H groups in total. The normalized spacial score (nSPS) is 15.6. The molecule has 0 aliphatic carbocycles. The van der Waals surface area contributed by atoms with Crippen molar-refractivity contribution in [2.24, 2.45) is 0 Å². The summed E-state index contributed by atoms with van der Waals surface area (Å²) in [5.41, 5.74) is 4.89. The monoisotopic (exact) mass is 638 g/mol. The molecular weight excluding hydrogens is 603 g/mol. The van der Waals surface area contributed by atoms with Gasteiger partial charge in [0.15, 0.2) is 0 Å². The molecule has 0 saturated carbocycles. The number of alkyl halides is 2. The number of nitrogens with one attached hydrogen (secondary N) is 3. The standard InChI is InChI=1S/C29H36Cl2N6O2S.ClH/c1-21-8-7-10-24(27(21)36(17-14-30)18-15-31)33-28(39)29(34-23-9-5-6-11-25(23)35(29)2)37-16-12-22(20-37)32-26(38)13-19-40(3)4;/h5-12,16,20,34H,13-15,17-19H2,1-4H3,(H-,32,33,38,39);1H. The number of aromatic nitrogens is 1. The smallest absolute Gasteiger partial charge is 0.293 e. The van der Waals surface area contributed by atoms with Crippen LogP contribution in [-0.2, 0) is 26.3 Å². The number of hydrogen-bond acceptors (Lipinski definition) is 5. The van der Waals surface area contributed by atoms with Crippen molar-refractivity contribution in [2.45, 2.75) is 19.1 Å². The van der Waals surface area contributed by atoms with Crippen molar-refractivity contribution in [1.82, 2.24) is 4.57 Å². The second-order valence-electron chi connectivity index (χ2n) is 9.96. The van der Waals surface area contributed by atoms with E-state index in [0.717, 1.165) is 28.4 Å². The summed E-state index contributed by atoms with van der Waals surface area (Å²) in [5, 5.41) is 9.64.